The number of carboxylic acid groups (broad SMARTS) is 1. The molecule has 1 aromatic carbocycles. The Kier molecular flexibility index (Phi) is 3.95. The maximum absolute atomic E-state index is 11.4. The van der Waals surface area contributed by atoms with Crippen LogP contribution >= 0.6 is 15.9 Å². The van der Waals surface area contributed by atoms with Crippen molar-refractivity contribution in [2.24, 2.45) is 5.92 Å². The molecule has 0 radical (unpaired) electrons. The summed E-state index contributed by atoms with van der Waals surface area (Å²) in [6.45, 7) is 5.16. The molecule has 1 aromatic rings. The molecule has 0 unspecified atom stereocenters. The molecule has 2 rings (SSSR count). The zero-order valence-corrected chi connectivity index (χ0v) is 12.3. The smallest absolute Gasteiger partial charge is 0.338 e. The monoisotopic (exact) mass is 311 g/mol. The lowest BCUT2D eigenvalue weighted by Crippen LogP contribution is -2.34. The van der Waals surface area contributed by atoms with Gasteiger partial charge in [0.1, 0.15) is 0 Å². The van der Waals surface area contributed by atoms with Crippen molar-refractivity contribution >= 4 is 27.6 Å². The first-order chi connectivity index (χ1) is 8.50. The summed E-state index contributed by atoms with van der Waals surface area (Å²) in [5, 5.41) is 9.37. The van der Waals surface area contributed by atoms with E-state index in [1.165, 1.54) is 12.8 Å². The Hall–Kier alpha value is -1.03. The second kappa shape index (κ2) is 5.31. The molecule has 0 bridgehead atoms. The van der Waals surface area contributed by atoms with E-state index in [2.05, 4.69) is 34.7 Å². The SMILES string of the molecule is CC(C)N(CC1CC1)c1cccc(Br)c1C(=O)O. The highest BCUT2D eigenvalue weighted by Crippen LogP contribution is 2.35. The van der Waals surface area contributed by atoms with Crippen molar-refractivity contribution in [3.05, 3.63) is 28.2 Å². The highest BCUT2D eigenvalue weighted by Gasteiger charge is 2.28. The summed E-state index contributed by atoms with van der Waals surface area (Å²) in [6.07, 6.45) is 2.53. The van der Waals surface area contributed by atoms with Crippen molar-refractivity contribution in [2.75, 3.05) is 11.4 Å². The number of halogens is 1. The number of rotatable bonds is 5. The summed E-state index contributed by atoms with van der Waals surface area (Å²) in [6, 6.07) is 5.88. The van der Waals surface area contributed by atoms with Crippen LogP contribution in [0.25, 0.3) is 0 Å². The van der Waals surface area contributed by atoms with E-state index in [9.17, 15) is 9.90 Å². The van der Waals surface area contributed by atoms with E-state index in [1.54, 1.807) is 6.07 Å². The summed E-state index contributed by atoms with van der Waals surface area (Å²) in [7, 11) is 0. The van der Waals surface area contributed by atoms with E-state index in [4.69, 9.17) is 0 Å². The van der Waals surface area contributed by atoms with Crippen LogP contribution in [0, 0.1) is 5.92 Å². The highest BCUT2D eigenvalue weighted by atomic mass is 79.9. The van der Waals surface area contributed by atoms with Gasteiger partial charge in [0.05, 0.1) is 11.3 Å². The van der Waals surface area contributed by atoms with Crippen LogP contribution in [0.4, 0.5) is 5.69 Å². The van der Waals surface area contributed by atoms with E-state index >= 15 is 0 Å². The van der Waals surface area contributed by atoms with Crippen LogP contribution < -0.4 is 4.90 Å². The predicted octanol–water partition coefficient (Wildman–Crippen LogP) is 3.77. The van der Waals surface area contributed by atoms with Crippen molar-refractivity contribution in [3.63, 3.8) is 0 Å². The van der Waals surface area contributed by atoms with Crippen LogP contribution in [0.3, 0.4) is 0 Å². The van der Waals surface area contributed by atoms with Crippen molar-refractivity contribution < 1.29 is 9.90 Å². The molecule has 3 nitrogen and oxygen atoms in total. The maximum Gasteiger partial charge on any atom is 0.338 e. The van der Waals surface area contributed by atoms with Crippen LogP contribution in [0.2, 0.25) is 0 Å². The molecular formula is C14H18BrNO2. The zero-order valence-electron chi connectivity index (χ0n) is 10.7. The molecule has 0 saturated heterocycles. The average Bonchev–Trinajstić information content (AvgIpc) is 3.08. The molecule has 0 spiro atoms. The fourth-order valence-electron chi connectivity index (χ4n) is 2.13. The number of hydrogen-bond donors (Lipinski definition) is 1. The topological polar surface area (TPSA) is 40.5 Å². The molecule has 18 heavy (non-hydrogen) atoms. The van der Waals surface area contributed by atoms with Crippen LogP contribution in [0.5, 0.6) is 0 Å². The fourth-order valence-corrected chi connectivity index (χ4v) is 2.66. The molecule has 1 saturated carbocycles. The first kappa shape index (κ1) is 13.4. The maximum atomic E-state index is 11.4. The van der Waals surface area contributed by atoms with Gasteiger partial charge in [-0.15, -0.1) is 0 Å². The van der Waals surface area contributed by atoms with Gasteiger partial charge in [0.25, 0.3) is 0 Å². The molecule has 1 aliphatic carbocycles. The van der Waals surface area contributed by atoms with E-state index < -0.39 is 5.97 Å². The minimum atomic E-state index is -0.876. The fraction of sp³-hybridized carbons (Fsp3) is 0.500. The molecule has 98 valence electrons. The minimum Gasteiger partial charge on any atom is -0.478 e. The van der Waals surface area contributed by atoms with Crippen LogP contribution in [-0.2, 0) is 0 Å². The Morgan fingerprint density at radius 1 is 1.50 bits per heavy atom. The predicted molar refractivity (Wildman–Crippen MR) is 76.3 cm³/mol. The molecule has 1 fully saturated rings. The Morgan fingerprint density at radius 3 is 2.67 bits per heavy atom. The Morgan fingerprint density at radius 2 is 2.17 bits per heavy atom. The van der Waals surface area contributed by atoms with Gasteiger partial charge >= 0.3 is 5.97 Å². The van der Waals surface area contributed by atoms with Gasteiger partial charge in [-0.1, -0.05) is 6.07 Å². The third kappa shape index (κ3) is 2.86. The molecule has 1 N–H and O–H groups in total. The summed E-state index contributed by atoms with van der Waals surface area (Å²) in [5.74, 6) is -0.146. The minimum absolute atomic E-state index is 0.304. The van der Waals surface area contributed by atoms with Gasteiger partial charge in [0.2, 0.25) is 0 Å². The van der Waals surface area contributed by atoms with Crippen LogP contribution in [0.1, 0.15) is 37.0 Å². The van der Waals surface area contributed by atoms with Crippen molar-refractivity contribution in [1.29, 1.82) is 0 Å². The lowest BCUT2D eigenvalue weighted by molar-refractivity contribution is 0.0696. The van der Waals surface area contributed by atoms with Crippen molar-refractivity contribution in [3.8, 4) is 0 Å². The summed E-state index contributed by atoms with van der Waals surface area (Å²) >= 11 is 3.34. The van der Waals surface area contributed by atoms with E-state index in [-0.39, 0.29) is 0 Å². The molecule has 0 aromatic heterocycles. The summed E-state index contributed by atoms with van der Waals surface area (Å²) < 4.78 is 0.647. The number of carbonyl (C=O) groups is 1. The van der Waals surface area contributed by atoms with Crippen LogP contribution in [0.15, 0.2) is 22.7 Å². The van der Waals surface area contributed by atoms with Crippen LogP contribution in [-0.4, -0.2) is 23.7 Å². The molecule has 0 amide bonds. The normalized spacial score (nSPS) is 14.9. The molecule has 4 heteroatoms. The average molecular weight is 312 g/mol. The van der Waals surface area contributed by atoms with Gasteiger partial charge in [-0.3, -0.25) is 0 Å². The standard InChI is InChI=1S/C14H18BrNO2/c1-9(2)16(8-10-6-7-10)12-5-3-4-11(15)13(12)14(17)18/h3-5,9-10H,6-8H2,1-2H3,(H,17,18). The number of anilines is 1. The highest BCUT2D eigenvalue weighted by molar-refractivity contribution is 9.10. The summed E-state index contributed by atoms with van der Waals surface area (Å²) in [4.78, 5) is 13.6. The van der Waals surface area contributed by atoms with Gasteiger partial charge in [0.15, 0.2) is 0 Å². The Balaban J connectivity index is 2.39. The van der Waals surface area contributed by atoms with Gasteiger partial charge in [0, 0.05) is 17.1 Å². The first-order valence-electron chi connectivity index (χ1n) is 6.29. The molecule has 0 atom stereocenters. The number of aromatic carboxylic acids is 1. The second-order valence-electron chi connectivity index (χ2n) is 5.13. The number of carboxylic acids is 1. The molecule has 0 aliphatic heterocycles. The second-order valence-corrected chi connectivity index (χ2v) is 5.98. The third-order valence-corrected chi connectivity index (χ3v) is 3.95. The Bertz CT molecular complexity index is 455. The van der Waals surface area contributed by atoms with Gasteiger partial charge < -0.3 is 10.0 Å². The summed E-state index contributed by atoms with van der Waals surface area (Å²) in [5.41, 5.74) is 1.19. The van der Waals surface area contributed by atoms with Gasteiger partial charge in [-0.05, 0) is 60.7 Å². The quantitative estimate of drug-likeness (QED) is 0.899. The van der Waals surface area contributed by atoms with E-state index in [1.807, 2.05) is 12.1 Å². The number of benzene rings is 1. The molecule has 0 heterocycles. The van der Waals surface area contributed by atoms with E-state index in [0.717, 1.165) is 18.2 Å². The lowest BCUT2D eigenvalue weighted by atomic mass is 10.1. The number of nitrogens with zero attached hydrogens (tertiary/aromatic N) is 1. The molecular weight excluding hydrogens is 294 g/mol. The van der Waals surface area contributed by atoms with Crippen molar-refractivity contribution in [2.45, 2.75) is 32.7 Å². The Labute approximate surface area is 116 Å². The lowest BCUT2D eigenvalue weighted by Gasteiger charge is -2.30. The van der Waals surface area contributed by atoms with Gasteiger partial charge in [-0.2, -0.15) is 0 Å². The van der Waals surface area contributed by atoms with Gasteiger partial charge in [-0.25, -0.2) is 4.79 Å². The largest absolute Gasteiger partial charge is 0.478 e. The van der Waals surface area contributed by atoms with E-state index in [0.29, 0.717) is 16.1 Å². The molecule has 1 aliphatic rings. The first-order valence-corrected chi connectivity index (χ1v) is 7.08. The zero-order chi connectivity index (χ0) is 13.3. The number of hydrogen-bond acceptors (Lipinski definition) is 2. The van der Waals surface area contributed by atoms with Crippen molar-refractivity contribution in [1.82, 2.24) is 0 Å². The third-order valence-electron chi connectivity index (χ3n) is 3.29.